The third-order valence-electron chi connectivity index (χ3n) is 4.32. The van der Waals surface area contributed by atoms with Gasteiger partial charge in [0, 0.05) is 31.9 Å². The van der Waals surface area contributed by atoms with Gasteiger partial charge in [0.05, 0.1) is 17.7 Å². The van der Waals surface area contributed by atoms with Crippen LogP contribution < -0.4 is 0 Å². The largest absolute Gasteiger partial charge is 0.388 e. The maximum Gasteiger partial charge on any atom is 0.230 e. The number of hydrogen-bond donors (Lipinski definition) is 1. The van der Waals surface area contributed by atoms with Gasteiger partial charge in [0.2, 0.25) is 5.91 Å². The van der Waals surface area contributed by atoms with Crippen molar-refractivity contribution in [1.82, 2.24) is 14.7 Å². The van der Waals surface area contributed by atoms with Crippen LogP contribution in [0.5, 0.6) is 0 Å². The molecule has 1 aromatic rings. The van der Waals surface area contributed by atoms with E-state index in [1.807, 2.05) is 20.2 Å². The van der Waals surface area contributed by atoms with Crippen LogP contribution in [0.3, 0.4) is 0 Å². The maximum atomic E-state index is 12.4. The number of fused-ring (bicyclic) bond motifs is 1. The molecule has 1 aliphatic carbocycles. The summed E-state index contributed by atoms with van der Waals surface area (Å²) in [7, 11) is 1.85. The summed E-state index contributed by atoms with van der Waals surface area (Å²) in [5, 5.41) is 14.2. The lowest BCUT2D eigenvalue weighted by atomic mass is 10.0. The highest BCUT2D eigenvalue weighted by atomic mass is 16.3. The van der Waals surface area contributed by atoms with E-state index in [2.05, 4.69) is 5.10 Å². The number of β-amino-alcohol motifs (C(OH)–C–C–N with tert-alkyl or cyclic N) is 1. The molecule has 3 atom stereocenters. The van der Waals surface area contributed by atoms with Crippen molar-refractivity contribution in [2.45, 2.75) is 31.3 Å². The topological polar surface area (TPSA) is 58.4 Å². The Morgan fingerprint density at radius 3 is 3.06 bits per heavy atom. The van der Waals surface area contributed by atoms with E-state index in [-0.39, 0.29) is 11.8 Å². The van der Waals surface area contributed by atoms with Gasteiger partial charge in [-0.2, -0.15) is 5.10 Å². The van der Waals surface area contributed by atoms with Crippen molar-refractivity contribution < 1.29 is 9.90 Å². The SMILES string of the molecule is CC(C(=O)N1CC[C@@H]2C[C@]2(O)C1)c1cnn(C)c1. The van der Waals surface area contributed by atoms with Crippen molar-refractivity contribution >= 4 is 5.91 Å². The Bertz CT molecular complexity index is 484. The van der Waals surface area contributed by atoms with E-state index < -0.39 is 5.60 Å². The van der Waals surface area contributed by atoms with Gasteiger partial charge in [-0.3, -0.25) is 9.48 Å². The highest BCUT2D eigenvalue weighted by Crippen LogP contribution is 2.49. The van der Waals surface area contributed by atoms with Crippen molar-refractivity contribution in [3.8, 4) is 0 Å². The molecule has 0 radical (unpaired) electrons. The molecule has 2 aliphatic rings. The Morgan fingerprint density at radius 1 is 1.67 bits per heavy atom. The van der Waals surface area contributed by atoms with E-state index in [0.717, 1.165) is 24.9 Å². The normalized spacial score (nSPS) is 31.9. The Balaban J connectivity index is 1.70. The summed E-state index contributed by atoms with van der Waals surface area (Å²) in [6.45, 7) is 3.18. The molecule has 1 saturated heterocycles. The van der Waals surface area contributed by atoms with Crippen LogP contribution in [-0.2, 0) is 11.8 Å². The number of nitrogens with zero attached hydrogens (tertiary/aromatic N) is 3. The third-order valence-corrected chi connectivity index (χ3v) is 4.32. The first-order valence-electron chi connectivity index (χ1n) is 6.49. The predicted octanol–water partition coefficient (Wildman–Crippen LogP) is 0.507. The van der Waals surface area contributed by atoms with Crippen LogP contribution >= 0.6 is 0 Å². The summed E-state index contributed by atoms with van der Waals surface area (Å²) < 4.78 is 1.71. The summed E-state index contributed by atoms with van der Waals surface area (Å²) in [6, 6.07) is 0. The lowest BCUT2D eigenvalue weighted by Gasteiger charge is -2.31. The third kappa shape index (κ3) is 1.82. The van der Waals surface area contributed by atoms with Gasteiger partial charge in [-0.05, 0) is 25.7 Å². The number of hydrogen-bond acceptors (Lipinski definition) is 3. The molecular weight excluding hydrogens is 230 g/mol. The second kappa shape index (κ2) is 3.82. The number of aryl methyl sites for hydroxylation is 1. The van der Waals surface area contributed by atoms with Crippen LogP contribution in [0.2, 0.25) is 0 Å². The minimum Gasteiger partial charge on any atom is -0.388 e. The van der Waals surface area contributed by atoms with Crippen LogP contribution in [0, 0.1) is 5.92 Å². The summed E-state index contributed by atoms with van der Waals surface area (Å²) in [6.07, 6.45) is 5.41. The second-order valence-corrected chi connectivity index (χ2v) is 5.72. The second-order valence-electron chi connectivity index (χ2n) is 5.72. The first-order chi connectivity index (χ1) is 8.49. The number of carbonyl (C=O) groups excluding carboxylic acids is 1. The monoisotopic (exact) mass is 249 g/mol. The maximum absolute atomic E-state index is 12.4. The first-order valence-corrected chi connectivity index (χ1v) is 6.49. The average molecular weight is 249 g/mol. The highest BCUT2D eigenvalue weighted by molar-refractivity contribution is 5.83. The molecule has 2 fully saturated rings. The molecule has 0 spiro atoms. The average Bonchev–Trinajstić information content (AvgIpc) is 2.84. The van der Waals surface area contributed by atoms with Crippen LogP contribution in [0.25, 0.3) is 0 Å². The van der Waals surface area contributed by atoms with Crippen LogP contribution in [0.1, 0.15) is 31.2 Å². The summed E-state index contributed by atoms with van der Waals surface area (Å²) >= 11 is 0. The molecule has 1 aliphatic heterocycles. The van der Waals surface area contributed by atoms with Gasteiger partial charge in [-0.15, -0.1) is 0 Å². The Morgan fingerprint density at radius 2 is 2.44 bits per heavy atom. The molecule has 1 amide bonds. The zero-order valence-corrected chi connectivity index (χ0v) is 10.8. The van der Waals surface area contributed by atoms with E-state index in [1.165, 1.54) is 0 Å². The number of amides is 1. The highest BCUT2D eigenvalue weighted by Gasteiger charge is 2.56. The van der Waals surface area contributed by atoms with E-state index in [4.69, 9.17) is 0 Å². The number of rotatable bonds is 2. The standard InChI is InChI=1S/C13H19N3O2/c1-9(10-6-14-15(2)7-10)12(17)16-4-3-11-5-13(11,18)8-16/h6-7,9,11,18H,3-5,8H2,1-2H3/t9?,11-,13+/m1/s1. The molecule has 18 heavy (non-hydrogen) atoms. The molecule has 98 valence electrons. The molecule has 1 unspecified atom stereocenters. The molecule has 5 heteroatoms. The van der Waals surface area contributed by atoms with Crippen LogP contribution in [-0.4, -0.2) is 44.4 Å². The van der Waals surface area contributed by atoms with Gasteiger partial charge in [0.25, 0.3) is 0 Å². The molecule has 3 rings (SSSR count). The van der Waals surface area contributed by atoms with Crippen molar-refractivity contribution in [1.29, 1.82) is 0 Å². The van der Waals surface area contributed by atoms with Gasteiger partial charge >= 0.3 is 0 Å². The van der Waals surface area contributed by atoms with Gasteiger partial charge in [-0.25, -0.2) is 0 Å². The van der Waals surface area contributed by atoms with Gasteiger partial charge in [0.1, 0.15) is 0 Å². The van der Waals surface area contributed by atoms with E-state index in [1.54, 1.807) is 15.8 Å². The Labute approximate surface area is 106 Å². The number of aliphatic hydroxyl groups is 1. The summed E-state index contributed by atoms with van der Waals surface area (Å²) in [4.78, 5) is 14.2. The summed E-state index contributed by atoms with van der Waals surface area (Å²) in [5.41, 5.74) is 0.357. The first kappa shape index (κ1) is 11.7. The van der Waals surface area contributed by atoms with Crippen LogP contribution in [0.15, 0.2) is 12.4 Å². The fourth-order valence-corrected chi connectivity index (χ4v) is 2.92. The van der Waals surface area contributed by atoms with Gasteiger partial charge in [0.15, 0.2) is 0 Å². The van der Waals surface area contributed by atoms with Gasteiger partial charge < -0.3 is 10.0 Å². The number of likely N-dealkylation sites (tertiary alicyclic amines) is 1. The Kier molecular flexibility index (Phi) is 2.48. The van der Waals surface area contributed by atoms with Crippen molar-refractivity contribution in [3.63, 3.8) is 0 Å². The predicted molar refractivity (Wildman–Crippen MR) is 65.9 cm³/mol. The molecule has 2 heterocycles. The summed E-state index contributed by atoms with van der Waals surface area (Å²) in [5.74, 6) is 0.342. The van der Waals surface area contributed by atoms with Crippen LogP contribution in [0.4, 0.5) is 0 Å². The molecule has 0 bridgehead atoms. The number of aromatic nitrogens is 2. The lowest BCUT2D eigenvalue weighted by molar-refractivity contribution is -0.136. The minimum atomic E-state index is -0.581. The van der Waals surface area contributed by atoms with Crippen molar-refractivity contribution in [3.05, 3.63) is 18.0 Å². The smallest absolute Gasteiger partial charge is 0.230 e. The number of carbonyl (C=O) groups is 1. The van der Waals surface area contributed by atoms with Crippen molar-refractivity contribution in [2.24, 2.45) is 13.0 Å². The fraction of sp³-hybridized carbons (Fsp3) is 0.692. The van der Waals surface area contributed by atoms with E-state index in [9.17, 15) is 9.90 Å². The minimum absolute atomic E-state index is 0.0989. The van der Waals surface area contributed by atoms with E-state index in [0.29, 0.717) is 12.5 Å². The molecule has 5 nitrogen and oxygen atoms in total. The molecular formula is C13H19N3O2. The molecule has 0 aromatic carbocycles. The quantitative estimate of drug-likeness (QED) is 0.830. The molecule has 1 N–H and O–H groups in total. The zero-order valence-electron chi connectivity index (χ0n) is 10.8. The molecule has 1 aromatic heterocycles. The Hall–Kier alpha value is -1.36. The van der Waals surface area contributed by atoms with Crippen molar-refractivity contribution in [2.75, 3.05) is 13.1 Å². The molecule has 1 saturated carbocycles. The number of piperidine rings is 1. The zero-order chi connectivity index (χ0) is 12.9. The lowest BCUT2D eigenvalue weighted by Crippen LogP contribution is -2.45. The van der Waals surface area contributed by atoms with E-state index >= 15 is 0 Å². The van der Waals surface area contributed by atoms with Gasteiger partial charge in [-0.1, -0.05) is 0 Å². The fourth-order valence-electron chi connectivity index (χ4n) is 2.92.